The molecule has 13 heteroatoms. The van der Waals surface area contributed by atoms with Gasteiger partial charge in [-0.05, 0) is 11.4 Å². The smallest absolute Gasteiger partial charge is 0.434 e. The molecule has 0 aliphatic carbocycles. The van der Waals surface area contributed by atoms with Crippen molar-refractivity contribution in [2.75, 3.05) is 59.7 Å². The van der Waals surface area contributed by atoms with E-state index in [1.165, 1.54) is 0 Å². The van der Waals surface area contributed by atoms with E-state index in [2.05, 4.69) is 10.6 Å². The average molecular weight is 471 g/mol. The molecular weight excluding hydrogens is 437 g/mol. The molecule has 1 aliphatic rings. The van der Waals surface area contributed by atoms with Gasteiger partial charge in [-0.2, -0.15) is 0 Å². The first kappa shape index (κ1) is 26.7. The first-order valence-corrected chi connectivity index (χ1v) is 12.7. The molecule has 1 unspecified atom stereocenters. The van der Waals surface area contributed by atoms with Crippen molar-refractivity contribution < 1.29 is 42.3 Å². The highest BCUT2D eigenvalue weighted by molar-refractivity contribution is 8.54. The van der Waals surface area contributed by atoms with Gasteiger partial charge in [0.05, 0.1) is 21.1 Å². The van der Waals surface area contributed by atoms with Crippen molar-refractivity contribution in [3.63, 3.8) is 0 Å². The largest absolute Gasteiger partial charge is 0.508 e. The normalized spacial score (nSPS) is 24.7. The Bertz CT molecular complexity index is 668. The summed E-state index contributed by atoms with van der Waals surface area (Å²) in [6.45, 7) is -0.357. The fraction of sp³-hybridized carbons (Fsp3) is 0.824. The van der Waals surface area contributed by atoms with E-state index in [4.69, 9.17) is 14.0 Å². The van der Waals surface area contributed by atoms with Crippen LogP contribution in [0.25, 0.3) is 0 Å². The Morgan fingerprint density at radius 1 is 1.27 bits per heavy atom. The van der Waals surface area contributed by atoms with E-state index in [1.54, 1.807) is 13.8 Å². The number of rotatable bonds is 6. The monoisotopic (exact) mass is 470 g/mol. The zero-order valence-electron chi connectivity index (χ0n) is 18.1. The maximum atomic E-state index is 12.6. The Kier molecular flexibility index (Phi) is 10.1. The van der Waals surface area contributed by atoms with Crippen molar-refractivity contribution in [2.45, 2.75) is 26.4 Å². The summed E-state index contributed by atoms with van der Waals surface area (Å²) < 4.78 is 28.4. The van der Waals surface area contributed by atoms with Crippen molar-refractivity contribution in [2.24, 2.45) is 5.41 Å². The number of hydrogen-bond acceptors (Lipinski definition) is 8. The summed E-state index contributed by atoms with van der Waals surface area (Å²) in [6, 6.07) is 0. The minimum Gasteiger partial charge on any atom is -0.434 e. The van der Waals surface area contributed by atoms with Crippen molar-refractivity contribution in [1.29, 1.82) is 0 Å². The minimum absolute atomic E-state index is 0.0391. The lowest BCUT2D eigenvalue weighted by Crippen LogP contribution is -2.48. The maximum absolute atomic E-state index is 12.6. The second-order valence-corrected chi connectivity index (χ2v) is 12.5. The third-order valence-electron chi connectivity index (χ3n) is 4.06. The number of ether oxygens (including phenoxy) is 2. The highest BCUT2D eigenvalue weighted by atomic mass is 32.7. The quantitative estimate of drug-likeness (QED) is 0.291. The topological polar surface area (TPSA) is 140 Å². The van der Waals surface area contributed by atoms with Crippen LogP contribution in [-0.2, 0) is 28.2 Å². The number of nitrogens with one attached hydrogen (secondary N) is 2. The first-order chi connectivity index (χ1) is 13.7. The zero-order chi connectivity index (χ0) is 23.0. The lowest BCUT2D eigenvalue weighted by Gasteiger charge is -2.33. The molecule has 1 aliphatic heterocycles. The van der Waals surface area contributed by atoms with E-state index in [9.17, 15) is 23.8 Å². The maximum Gasteiger partial charge on any atom is 0.508 e. The van der Waals surface area contributed by atoms with Crippen LogP contribution >= 0.6 is 18.2 Å². The van der Waals surface area contributed by atoms with E-state index < -0.39 is 30.4 Å². The van der Waals surface area contributed by atoms with Gasteiger partial charge in [0.15, 0.2) is 6.10 Å². The second-order valence-electron chi connectivity index (χ2n) is 8.57. The molecule has 0 saturated carbocycles. The molecule has 0 aromatic carbocycles. The van der Waals surface area contributed by atoms with E-state index in [-0.39, 0.29) is 44.4 Å². The van der Waals surface area contributed by atoms with E-state index >= 15 is 0 Å². The molecule has 0 radical (unpaired) electrons. The number of likely N-dealkylation sites (N-methyl/N-ethyl adjacent to an activating group) is 1. The summed E-state index contributed by atoms with van der Waals surface area (Å²) in [6.07, 6.45) is -2.22. The fourth-order valence-corrected chi connectivity index (χ4v) is 4.85. The van der Waals surface area contributed by atoms with Crippen LogP contribution in [0.15, 0.2) is 0 Å². The minimum atomic E-state index is -4.20. The van der Waals surface area contributed by atoms with Gasteiger partial charge in [0.2, 0.25) is 11.8 Å². The number of nitrogens with zero attached hydrogens (tertiary/aromatic N) is 1. The van der Waals surface area contributed by atoms with Crippen LogP contribution in [0.2, 0.25) is 0 Å². The predicted molar refractivity (Wildman–Crippen MR) is 112 cm³/mol. The third-order valence-corrected chi connectivity index (χ3v) is 7.04. The van der Waals surface area contributed by atoms with Gasteiger partial charge in [-0.1, -0.05) is 13.8 Å². The van der Waals surface area contributed by atoms with Crippen molar-refractivity contribution in [1.82, 2.24) is 10.6 Å². The third kappa shape index (κ3) is 10.6. The van der Waals surface area contributed by atoms with Crippen LogP contribution in [0.3, 0.4) is 0 Å². The molecule has 0 spiro atoms. The lowest BCUT2D eigenvalue weighted by molar-refractivity contribution is -0.870. The summed E-state index contributed by atoms with van der Waals surface area (Å²) >= 11 is 0.615. The van der Waals surface area contributed by atoms with Crippen LogP contribution in [0, 0.1) is 5.41 Å². The Hall–Kier alpha value is -1.33. The number of carbonyl (C=O) groups excluding carboxylic acids is 3. The Labute approximate surface area is 181 Å². The van der Waals surface area contributed by atoms with Gasteiger partial charge >= 0.3 is 13.0 Å². The van der Waals surface area contributed by atoms with Crippen molar-refractivity contribution in [3.8, 4) is 0 Å². The Balaban J connectivity index is 2.78. The number of amides is 2. The highest BCUT2D eigenvalue weighted by Crippen LogP contribution is 2.57. The van der Waals surface area contributed by atoms with Gasteiger partial charge < -0.3 is 29.5 Å². The fourth-order valence-electron chi connectivity index (χ4n) is 2.31. The number of quaternary nitrogens is 1. The molecule has 1 saturated heterocycles. The summed E-state index contributed by atoms with van der Waals surface area (Å²) in [4.78, 5) is 46.3. The SMILES string of the molecule is CC(C)(COC(=O)OCC[N+](C)(C)C)[C@H]1OP(=O)(O)SCCNC(=O)CCNC1=O. The van der Waals surface area contributed by atoms with Gasteiger partial charge in [-0.25, -0.2) is 9.36 Å². The summed E-state index contributed by atoms with van der Waals surface area (Å²) in [5.74, 6) is -0.810. The molecule has 0 aromatic rings. The van der Waals surface area contributed by atoms with Crippen LogP contribution < -0.4 is 10.6 Å². The van der Waals surface area contributed by atoms with E-state index in [1.807, 2.05) is 21.1 Å². The second kappa shape index (κ2) is 11.3. The van der Waals surface area contributed by atoms with Gasteiger partial charge in [0.25, 0.3) is 0 Å². The molecule has 0 aromatic heterocycles. The first-order valence-electron chi connectivity index (χ1n) is 9.52. The molecule has 1 rings (SSSR count). The Morgan fingerprint density at radius 3 is 2.57 bits per heavy atom. The molecule has 1 heterocycles. The van der Waals surface area contributed by atoms with Crippen LogP contribution in [-0.4, -0.2) is 93.2 Å². The average Bonchev–Trinajstić information content (AvgIpc) is 2.60. The van der Waals surface area contributed by atoms with Crippen LogP contribution in [0.1, 0.15) is 20.3 Å². The summed E-state index contributed by atoms with van der Waals surface area (Å²) in [5.41, 5.74) is -1.14. The van der Waals surface area contributed by atoms with Crippen molar-refractivity contribution in [3.05, 3.63) is 0 Å². The van der Waals surface area contributed by atoms with E-state index in [0.29, 0.717) is 22.4 Å². The van der Waals surface area contributed by atoms with Gasteiger partial charge in [0.1, 0.15) is 19.8 Å². The zero-order valence-corrected chi connectivity index (χ0v) is 19.8. The lowest BCUT2D eigenvalue weighted by atomic mass is 9.87. The Morgan fingerprint density at radius 2 is 1.93 bits per heavy atom. The molecule has 1 fully saturated rings. The molecule has 174 valence electrons. The number of hydrogen-bond donors (Lipinski definition) is 3. The van der Waals surface area contributed by atoms with Gasteiger partial charge in [-0.15, -0.1) is 0 Å². The molecule has 3 N–H and O–H groups in total. The van der Waals surface area contributed by atoms with Crippen LogP contribution in [0.5, 0.6) is 0 Å². The van der Waals surface area contributed by atoms with Gasteiger partial charge in [-0.3, -0.25) is 14.1 Å². The summed E-state index contributed by atoms with van der Waals surface area (Å²) in [7, 11) is 5.85. The molecule has 2 amide bonds. The summed E-state index contributed by atoms with van der Waals surface area (Å²) in [5, 5.41) is 5.11. The highest BCUT2D eigenvalue weighted by Gasteiger charge is 2.42. The predicted octanol–water partition coefficient (Wildman–Crippen LogP) is 0.727. The molecule has 11 nitrogen and oxygen atoms in total. The number of carbonyl (C=O) groups is 3. The van der Waals surface area contributed by atoms with Crippen molar-refractivity contribution >= 4 is 36.1 Å². The van der Waals surface area contributed by atoms with Gasteiger partial charge in [0, 0.05) is 30.7 Å². The molecule has 30 heavy (non-hydrogen) atoms. The molecular formula is C17H33N3O8PS+. The molecule has 0 bridgehead atoms. The van der Waals surface area contributed by atoms with E-state index in [0.717, 1.165) is 0 Å². The van der Waals surface area contributed by atoms with Crippen LogP contribution in [0.4, 0.5) is 4.79 Å². The standard InChI is InChI=1S/C17H32N3O8PS/c1-17(2,12-27-16(23)26-10-9-20(3,4)5)14-15(22)19-7-6-13(21)18-8-11-30-29(24,25)28-14/h14H,6-12H2,1-5H3,(H2-,18,19,21,22,24,25)/p+1/t14-/m0/s1. The molecule has 2 atom stereocenters.